The van der Waals surface area contributed by atoms with Crippen molar-refractivity contribution in [1.82, 2.24) is 24.6 Å². The summed E-state index contributed by atoms with van der Waals surface area (Å²) in [6.07, 6.45) is 2.28. The molecule has 5 rings (SSSR count). The van der Waals surface area contributed by atoms with Crippen molar-refractivity contribution in [2.75, 3.05) is 6.54 Å². The van der Waals surface area contributed by atoms with Crippen molar-refractivity contribution >= 4 is 5.91 Å². The Bertz CT molecular complexity index is 1100. The largest absolute Gasteiger partial charge is 0.327 e. The van der Waals surface area contributed by atoms with Gasteiger partial charge in [-0.25, -0.2) is 9.67 Å². The van der Waals surface area contributed by atoms with Gasteiger partial charge in [-0.2, -0.15) is 5.10 Å². The number of rotatable bonds is 3. The Kier molecular flexibility index (Phi) is 3.89. The molecule has 3 aromatic rings. The van der Waals surface area contributed by atoms with E-state index in [1.165, 1.54) is 0 Å². The van der Waals surface area contributed by atoms with E-state index in [1.54, 1.807) is 17.0 Å². The van der Waals surface area contributed by atoms with Crippen molar-refractivity contribution in [3.8, 4) is 11.3 Å². The summed E-state index contributed by atoms with van der Waals surface area (Å²) in [4.78, 5) is 34.9. The maximum Gasteiger partial charge on any atom is 0.261 e. The zero-order chi connectivity index (χ0) is 19.3. The number of hydrogen-bond donors (Lipinski definition) is 1. The predicted molar refractivity (Wildman–Crippen MR) is 104 cm³/mol. The second-order valence-corrected chi connectivity index (χ2v) is 7.48. The zero-order valence-electron chi connectivity index (χ0n) is 15.6. The second-order valence-electron chi connectivity index (χ2n) is 7.48. The molecule has 1 N–H and O–H groups in total. The number of benzene rings is 1. The van der Waals surface area contributed by atoms with Gasteiger partial charge in [-0.15, -0.1) is 0 Å². The summed E-state index contributed by atoms with van der Waals surface area (Å²) in [6.45, 7) is 3.06. The highest BCUT2D eigenvalue weighted by atomic mass is 16.2. The van der Waals surface area contributed by atoms with Crippen LogP contribution in [0.25, 0.3) is 11.3 Å². The summed E-state index contributed by atoms with van der Waals surface area (Å²) < 4.78 is 1.91. The van der Waals surface area contributed by atoms with Gasteiger partial charge in [-0.1, -0.05) is 30.3 Å². The van der Waals surface area contributed by atoms with E-state index in [9.17, 15) is 9.59 Å². The smallest absolute Gasteiger partial charge is 0.261 e. The van der Waals surface area contributed by atoms with Crippen LogP contribution in [0.1, 0.15) is 53.7 Å². The molecule has 142 valence electrons. The molecule has 1 aliphatic carbocycles. The quantitative estimate of drug-likeness (QED) is 0.763. The number of carbonyl (C=O) groups excluding carboxylic acids is 1. The molecule has 1 aliphatic heterocycles. The fraction of sp³-hybridized carbons (Fsp3) is 0.333. The van der Waals surface area contributed by atoms with Gasteiger partial charge in [0, 0.05) is 18.2 Å². The molecule has 28 heavy (non-hydrogen) atoms. The van der Waals surface area contributed by atoms with Gasteiger partial charge < -0.3 is 9.88 Å². The third kappa shape index (κ3) is 2.83. The van der Waals surface area contributed by atoms with Gasteiger partial charge in [0.15, 0.2) is 5.82 Å². The molecule has 1 amide bonds. The van der Waals surface area contributed by atoms with Crippen LogP contribution in [0.4, 0.5) is 0 Å². The Hall–Kier alpha value is -3.22. The fourth-order valence-electron chi connectivity index (χ4n) is 3.76. The molecule has 0 saturated heterocycles. The van der Waals surface area contributed by atoms with Crippen LogP contribution in [0.15, 0.2) is 47.3 Å². The third-order valence-corrected chi connectivity index (χ3v) is 5.54. The highest BCUT2D eigenvalue weighted by molar-refractivity contribution is 5.94. The van der Waals surface area contributed by atoms with Gasteiger partial charge >= 0.3 is 0 Å². The first-order chi connectivity index (χ1) is 13.6. The first-order valence-corrected chi connectivity index (χ1v) is 9.66. The summed E-state index contributed by atoms with van der Waals surface area (Å²) in [5.74, 6) is 1.90. The number of aromatic amines is 1. The van der Waals surface area contributed by atoms with Crippen molar-refractivity contribution in [2.24, 2.45) is 0 Å². The average Bonchev–Trinajstić information content (AvgIpc) is 3.47. The molecule has 2 aromatic heterocycles. The minimum Gasteiger partial charge on any atom is -0.327 e. The molecule has 0 unspecified atom stereocenters. The topological polar surface area (TPSA) is 83.9 Å². The van der Waals surface area contributed by atoms with Crippen LogP contribution in [-0.4, -0.2) is 37.1 Å². The number of amides is 1. The van der Waals surface area contributed by atoms with Crippen LogP contribution >= 0.6 is 0 Å². The van der Waals surface area contributed by atoms with E-state index >= 15 is 0 Å². The van der Waals surface area contributed by atoms with Crippen molar-refractivity contribution in [1.29, 1.82) is 0 Å². The van der Waals surface area contributed by atoms with Gasteiger partial charge in [0.25, 0.3) is 11.5 Å². The molecule has 3 heterocycles. The minimum atomic E-state index is -0.371. The van der Waals surface area contributed by atoms with Crippen molar-refractivity contribution in [3.63, 3.8) is 0 Å². The highest BCUT2D eigenvalue weighted by Crippen LogP contribution is 2.39. The van der Waals surface area contributed by atoms with Crippen LogP contribution in [0.5, 0.6) is 0 Å². The highest BCUT2D eigenvalue weighted by Gasteiger charge is 2.35. The number of fused-ring (bicyclic) bond motifs is 1. The zero-order valence-corrected chi connectivity index (χ0v) is 15.6. The van der Waals surface area contributed by atoms with Crippen LogP contribution in [0.3, 0.4) is 0 Å². The number of H-pyrrole nitrogens is 1. The van der Waals surface area contributed by atoms with Crippen LogP contribution in [-0.2, 0) is 6.54 Å². The molecule has 1 aromatic carbocycles. The molecular weight excluding hydrogens is 354 g/mol. The number of nitrogens with one attached hydrogen (secondary N) is 1. The van der Waals surface area contributed by atoms with E-state index in [0.29, 0.717) is 24.7 Å². The Morgan fingerprint density at radius 2 is 1.89 bits per heavy atom. The number of carbonyl (C=O) groups is 1. The molecule has 0 radical (unpaired) electrons. The standard InChI is InChI=1S/C21H21N5O2/c1-13-19-23-18(15-7-8-15)24-26(19)12-11-25(13)21(28)16-9-10-17(22-20(16)27)14-5-3-2-4-6-14/h2-6,9-10,13,15H,7-8,11-12H2,1H3,(H,22,27)/t13-/m1/s1. The lowest BCUT2D eigenvalue weighted by atomic mass is 10.1. The molecule has 1 atom stereocenters. The normalized spacial score (nSPS) is 18.8. The average molecular weight is 375 g/mol. The van der Waals surface area contributed by atoms with E-state index in [2.05, 4.69) is 15.1 Å². The fourth-order valence-corrected chi connectivity index (χ4v) is 3.76. The molecule has 7 nitrogen and oxygen atoms in total. The van der Waals surface area contributed by atoms with Crippen molar-refractivity contribution in [3.05, 3.63) is 70.0 Å². The van der Waals surface area contributed by atoms with Crippen molar-refractivity contribution < 1.29 is 4.79 Å². The summed E-state index contributed by atoms with van der Waals surface area (Å²) in [5.41, 5.74) is 1.39. The van der Waals surface area contributed by atoms with Crippen LogP contribution < -0.4 is 5.56 Å². The van der Waals surface area contributed by atoms with Gasteiger partial charge in [-0.3, -0.25) is 9.59 Å². The number of aromatic nitrogens is 4. The summed E-state index contributed by atoms with van der Waals surface area (Å²) >= 11 is 0. The SMILES string of the molecule is C[C@@H]1c2nc(C3CC3)nn2CCN1C(=O)c1ccc(-c2ccccc2)[nH]c1=O. The molecule has 1 fully saturated rings. The molecule has 1 saturated carbocycles. The Morgan fingerprint density at radius 3 is 2.61 bits per heavy atom. The van der Waals surface area contributed by atoms with Gasteiger partial charge in [0.1, 0.15) is 11.4 Å². The van der Waals surface area contributed by atoms with E-state index in [4.69, 9.17) is 0 Å². The Labute approximate surface area is 162 Å². The molecular formula is C21H21N5O2. The van der Waals surface area contributed by atoms with Crippen molar-refractivity contribution in [2.45, 2.75) is 38.3 Å². The third-order valence-electron chi connectivity index (χ3n) is 5.54. The number of nitrogens with zero attached hydrogens (tertiary/aromatic N) is 4. The Balaban J connectivity index is 1.42. The van der Waals surface area contributed by atoms with Gasteiger partial charge in [-0.05, 0) is 37.5 Å². The first-order valence-electron chi connectivity index (χ1n) is 9.66. The molecule has 0 spiro atoms. The maximum absolute atomic E-state index is 13.1. The monoisotopic (exact) mass is 375 g/mol. The van der Waals surface area contributed by atoms with E-state index in [1.807, 2.05) is 41.9 Å². The van der Waals surface area contributed by atoms with E-state index in [0.717, 1.165) is 30.1 Å². The minimum absolute atomic E-state index is 0.155. The Morgan fingerprint density at radius 1 is 1.11 bits per heavy atom. The van der Waals surface area contributed by atoms with Crippen LogP contribution in [0, 0.1) is 0 Å². The first kappa shape index (κ1) is 16.9. The lowest BCUT2D eigenvalue weighted by molar-refractivity contribution is 0.0629. The van der Waals surface area contributed by atoms with E-state index in [-0.39, 0.29) is 23.1 Å². The van der Waals surface area contributed by atoms with Gasteiger partial charge in [0.05, 0.1) is 12.6 Å². The summed E-state index contributed by atoms with van der Waals surface area (Å²) in [7, 11) is 0. The summed E-state index contributed by atoms with van der Waals surface area (Å²) in [6, 6.07) is 12.8. The van der Waals surface area contributed by atoms with E-state index < -0.39 is 0 Å². The molecule has 2 aliphatic rings. The number of pyridine rings is 1. The number of hydrogen-bond acceptors (Lipinski definition) is 4. The van der Waals surface area contributed by atoms with Gasteiger partial charge in [0.2, 0.25) is 0 Å². The second kappa shape index (κ2) is 6.44. The lowest BCUT2D eigenvalue weighted by Gasteiger charge is -2.32. The summed E-state index contributed by atoms with van der Waals surface area (Å²) in [5, 5.41) is 4.59. The predicted octanol–water partition coefficient (Wildman–Crippen LogP) is 2.73. The lowest BCUT2D eigenvalue weighted by Crippen LogP contribution is -2.43. The molecule has 7 heteroatoms. The maximum atomic E-state index is 13.1. The molecule has 0 bridgehead atoms. The van der Waals surface area contributed by atoms with Crippen LogP contribution in [0.2, 0.25) is 0 Å².